The standard InChI is InChI=1S/C24H23N5O3.C17H19BrN4O3.C7H6BNO2/c1-15(30)29-10-8-23(9-11-29)24(21(31)28(2)22(26)27-24)19-13-18(6-7-20(19)32-23)17-5-3-4-16(12-17)14-25;1-10(23)22-7-5-16(6-8-22)17(14(24)21(2)15(19)20-17)12-9-11(18)3-4-13(12)25-16;1-9-7-4-2-3-6(5-7)8(10)11/h3-7,12-13H,8-11H2,1-2H3,(H2,26,27);3-4,9H,5-8H2,1-2H3,(H2,19,20);2-5,10-11H. The number of rotatable bonds is 2. The predicted octanol–water partition coefficient (Wildman–Crippen LogP) is 3.10. The van der Waals surface area contributed by atoms with Crippen molar-refractivity contribution < 1.29 is 38.7 Å². The van der Waals surface area contributed by atoms with Gasteiger partial charge in [-0.2, -0.15) is 5.26 Å². The van der Waals surface area contributed by atoms with Gasteiger partial charge in [-0.1, -0.05) is 58.4 Å². The highest BCUT2D eigenvalue weighted by Crippen LogP contribution is 2.59. The Bertz CT molecular complexity index is 2900. The smallest absolute Gasteiger partial charge is 0.483 e. The lowest BCUT2D eigenvalue weighted by molar-refractivity contribution is -0.144. The molecule has 2 saturated heterocycles. The maximum absolute atomic E-state index is 13.7. The first-order chi connectivity index (χ1) is 32.4. The molecule has 4 aromatic rings. The van der Waals surface area contributed by atoms with Crippen molar-refractivity contribution >= 4 is 69.7 Å². The number of nitriles is 1. The number of aliphatic imine (C=N–C) groups is 2. The molecule has 4 aromatic carbocycles. The Morgan fingerprint density at radius 3 is 1.69 bits per heavy atom. The van der Waals surface area contributed by atoms with Gasteiger partial charge in [-0.25, -0.2) is 14.8 Å². The van der Waals surface area contributed by atoms with Gasteiger partial charge in [-0.3, -0.25) is 29.0 Å². The number of nitrogens with two attached hydrogens (primary N) is 2. The monoisotopic (exact) mass is 982 g/mol. The molecule has 6 heterocycles. The first-order valence-electron chi connectivity index (χ1n) is 21.8. The zero-order valence-electron chi connectivity index (χ0n) is 37.8. The van der Waals surface area contributed by atoms with E-state index in [-0.39, 0.29) is 35.5 Å². The Balaban J connectivity index is 0.000000154. The molecule has 20 heteroatoms. The third-order valence-corrected chi connectivity index (χ3v) is 14.3. The van der Waals surface area contributed by atoms with Gasteiger partial charge in [0, 0.05) is 95.4 Å². The lowest BCUT2D eigenvalue weighted by Crippen LogP contribution is -2.60. The summed E-state index contributed by atoms with van der Waals surface area (Å²) in [5, 5.41) is 26.7. The first-order valence-corrected chi connectivity index (χ1v) is 22.6. The predicted molar refractivity (Wildman–Crippen MR) is 255 cm³/mol. The van der Waals surface area contributed by atoms with Gasteiger partial charge < -0.3 is 40.8 Å². The van der Waals surface area contributed by atoms with Crippen molar-refractivity contribution in [2.45, 2.75) is 61.8 Å². The molecule has 348 valence electrons. The molecule has 0 saturated carbocycles. The Morgan fingerprint density at radius 1 is 0.750 bits per heavy atom. The van der Waals surface area contributed by atoms with Crippen LogP contribution in [0.3, 0.4) is 0 Å². The molecular weight excluding hydrogens is 935 g/mol. The Kier molecular flexibility index (Phi) is 12.3. The molecule has 6 aliphatic rings. The number of piperidine rings is 2. The second kappa shape index (κ2) is 17.8. The third kappa shape index (κ3) is 7.58. The van der Waals surface area contributed by atoms with Crippen molar-refractivity contribution in [3.63, 3.8) is 0 Å². The molecular formula is C48H48BBrN10O8. The molecule has 2 atom stereocenters. The number of benzene rings is 4. The van der Waals surface area contributed by atoms with Crippen LogP contribution in [0.4, 0.5) is 5.69 Å². The molecule has 0 aliphatic carbocycles. The van der Waals surface area contributed by atoms with E-state index in [1.165, 1.54) is 15.9 Å². The topological polar surface area (TPSA) is 245 Å². The van der Waals surface area contributed by atoms with Crippen LogP contribution in [-0.2, 0) is 30.3 Å². The van der Waals surface area contributed by atoms with Crippen LogP contribution in [0.5, 0.6) is 11.5 Å². The molecule has 2 unspecified atom stereocenters. The molecule has 2 fully saturated rings. The van der Waals surface area contributed by atoms with E-state index in [1.807, 2.05) is 54.6 Å². The fraction of sp³-hybridized carbons (Fsp3) is 0.333. The zero-order chi connectivity index (χ0) is 48.9. The van der Waals surface area contributed by atoms with E-state index < -0.39 is 29.4 Å². The van der Waals surface area contributed by atoms with Crippen LogP contribution in [0.25, 0.3) is 16.0 Å². The van der Waals surface area contributed by atoms with Crippen LogP contribution in [-0.4, -0.2) is 124 Å². The fourth-order valence-corrected chi connectivity index (χ4v) is 10.4. The molecule has 0 aromatic heterocycles. The molecule has 4 amide bonds. The molecule has 4 spiro atoms. The highest BCUT2D eigenvalue weighted by Gasteiger charge is 2.70. The summed E-state index contributed by atoms with van der Waals surface area (Å²) in [6.45, 7) is 11.8. The van der Waals surface area contributed by atoms with E-state index in [2.05, 4.69) is 31.8 Å². The van der Waals surface area contributed by atoms with Crippen LogP contribution in [0.2, 0.25) is 0 Å². The number of ether oxygens (including phenoxy) is 2. The summed E-state index contributed by atoms with van der Waals surface area (Å²) < 4.78 is 13.7. The van der Waals surface area contributed by atoms with E-state index in [0.717, 1.165) is 21.2 Å². The number of carbonyl (C=O) groups is 4. The normalized spacial score (nSPS) is 22.2. The van der Waals surface area contributed by atoms with Crippen molar-refractivity contribution in [1.29, 1.82) is 5.26 Å². The van der Waals surface area contributed by atoms with Crippen LogP contribution in [0.15, 0.2) is 99.4 Å². The van der Waals surface area contributed by atoms with Gasteiger partial charge in [0.1, 0.15) is 11.5 Å². The van der Waals surface area contributed by atoms with E-state index >= 15 is 0 Å². The molecule has 6 aliphatic heterocycles. The SMILES string of the molecule is CC(=O)N1CCC2(CC1)Oc1ccc(-c3cccc(C#N)c3)cc1C21N=C(N)N(C)C1=O.CC(=O)N1CCC2(CC1)Oc1ccc(Br)cc1C21N=C(N)N(C)C1=O.[C-]#[N+]c1cccc(B(O)O)c1. The van der Waals surface area contributed by atoms with E-state index in [0.29, 0.717) is 85.6 Å². The van der Waals surface area contributed by atoms with Crippen molar-refractivity contribution in [1.82, 2.24) is 19.6 Å². The minimum Gasteiger partial charge on any atom is -0.483 e. The summed E-state index contributed by atoms with van der Waals surface area (Å²) in [4.78, 5) is 69.3. The van der Waals surface area contributed by atoms with E-state index in [4.69, 9.17) is 42.6 Å². The van der Waals surface area contributed by atoms with E-state index in [9.17, 15) is 24.4 Å². The van der Waals surface area contributed by atoms with Crippen LogP contribution >= 0.6 is 15.9 Å². The third-order valence-electron chi connectivity index (χ3n) is 13.8. The lowest BCUT2D eigenvalue weighted by atomic mass is 9.70. The highest BCUT2D eigenvalue weighted by molar-refractivity contribution is 9.10. The number of likely N-dealkylation sites (tertiary alicyclic amines) is 2. The number of amides is 4. The van der Waals surface area contributed by atoms with E-state index in [1.54, 1.807) is 62.0 Å². The average Bonchev–Trinajstić information content (AvgIpc) is 3.93. The van der Waals surface area contributed by atoms with Crippen molar-refractivity contribution in [2.75, 3.05) is 40.3 Å². The van der Waals surface area contributed by atoms with Crippen LogP contribution in [0.1, 0.15) is 56.2 Å². The quantitative estimate of drug-likeness (QED) is 0.168. The lowest BCUT2D eigenvalue weighted by Gasteiger charge is -2.44. The summed E-state index contributed by atoms with van der Waals surface area (Å²) >= 11 is 3.47. The molecule has 0 radical (unpaired) electrons. The number of carbonyl (C=O) groups excluding carboxylic acids is 4. The summed E-state index contributed by atoms with van der Waals surface area (Å²) in [6.07, 6.45) is 1.98. The fourth-order valence-electron chi connectivity index (χ4n) is 10.1. The number of nitrogens with zero attached hydrogens (tertiary/aromatic N) is 8. The molecule has 10 rings (SSSR count). The maximum atomic E-state index is 13.7. The number of likely N-dealkylation sites (N-methyl/N-ethyl adjacent to an activating group) is 2. The Labute approximate surface area is 401 Å². The second-order valence-electron chi connectivity index (χ2n) is 17.4. The number of hydrogen-bond donors (Lipinski definition) is 4. The number of guanidine groups is 2. The first kappa shape index (κ1) is 47.2. The van der Waals surface area contributed by atoms with Gasteiger partial charge in [0.15, 0.2) is 28.8 Å². The molecule has 18 nitrogen and oxygen atoms in total. The summed E-state index contributed by atoms with van der Waals surface area (Å²) in [6, 6.07) is 27.0. The molecule has 6 N–H and O–H groups in total. The van der Waals surface area contributed by atoms with Gasteiger partial charge in [-0.05, 0) is 59.1 Å². The Morgan fingerprint density at radius 2 is 1.24 bits per heavy atom. The summed E-state index contributed by atoms with van der Waals surface area (Å²) in [5.74, 6) is 1.21. The van der Waals surface area contributed by atoms with Gasteiger partial charge in [0.05, 0.1) is 18.2 Å². The summed E-state index contributed by atoms with van der Waals surface area (Å²) in [5.41, 5.74) is 12.4. The number of fused-ring (bicyclic) bond motifs is 6. The van der Waals surface area contributed by atoms with Crippen molar-refractivity contribution in [2.24, 2.45) is 21.5 Å². The molecule has 68 heavy (non-hydrogen) atoms. The number of hydrogen-bond acceptors (Lipinski definition) is 13. The largest absolute Gasteiger partial charge is 0.487 e. The van der Waals surface area contributed by atoms with Crippen molar-refractivity contribution in [3.05, 3.63) is 118 Å². The van der Waals surface area contributed by atoms with Gasteiger partial charge in [0.25, 0.3) is 11.8 Å². The number of halogens is 1. The minimum absolute atomic E-state index is 0.00181. The zero-order valence-corrected chi connectivity index (χ0v) is 39.4. The minimum atomic E-state index is -1.49. The maximum Gasteiger partial charge on any atom is 0.487 e. The molecule has 0 bridgehead atoms. The van der Waals surface area contributed by atoms with Gasteiger partial charge in [-0.15, -0.1) is 0 Å². The second-order valence-corrected chi connectivity index (χ2v) is 18.3. The van der Waals surface area contributed by atoms with Crippen molar-refractivity contribution in [3.8, 4) is 28.7 Å². The van der Waals surface area contributed by atoms with Gasteiger partial charge in [0.2, 0.25) is 22.9 Å². The van der Waals surface area contributed by atoms with Gasteiger partial charge >= 0.3 is 7.12 Å². The highest BCUT2D eigenvalue weighted by atomic mass is 79.9. The van der Waals surface area contributed by atoms with Crippen LogP contribution in [0, 0.1) is 17.9 Å². The average molecular weight is 984 g/mol. The van der Waals surface area contributed by atoms with Crippen LogP contribution < -0.4 is 26.4 Å². The summed E-state index contributed by atoms with van der Waals surface area (Å²) in [7, 11) is 1.76. The Hall–Kier alpha value is -7.26.